The maximum atomic E-state index is 13.5. The average Bonchev–Trinajstić information content (AvgIpc) is 3.24. The van der Waals surface area contributed by atoms with E-state index in [0.717, 1.165) is 6.20 Å². The molecule has 0 radical (unpaired) electrons. The largest absolute Gasteiger partial charge is 0.495 e. The molecule has 2 aromatic heterocycles. The smallest absolute Gasteiger partial charge is 0.418 e. The number of H-pyrrole nitrogens is 1. The van der Waals surface area contributed by atoms with Gasteiger partial charge in [-0.1, -0.05) is 0 Å². The standard InChI is InChI=1S/C21H25F3N6O4S/c1-11(2)27-19-17-13(21(22,23)24)9-26-18(17)29-20(30-19)28-14-5-4-12(8-15(14)33-3)35(31,32)16-10-25-6-7-34-16/h4-5,8-9,11,16,25H,6-7,10H2,1-3H3,(H3,26,27,28,29,30). The normalized spacial score (nSPS) is 17.1. The molecule has 1 atom stereocenters. The Morgan fingerprint density at radius 3 is 2.66 bits per heavy atom. The lowest BCUT2D eigenvalue weighted by atomic mass is 10.2. The Hall–Kier alpha value is -3.10. The van der Waals surface area contributed by atoms with Gasteiger partial charge >= 0.3 is 6.18 Å². The number of hydrogen-bond acceptors (Lipinski definition) is 9. The monoisotopic (exact) mass is 514 g/mol. The lowest BCUT2D eigenvalue weighted by Crippen LogP contribution is -2.43. The number of fused-ring (bicyclic) bond motifs is 1. The first-order valence-corrected chi connectivity index (χ1v) is 12.3. The molecule has 1 aromatic carbocycles. The van der Waals surface area contributed by atoms with E-state index in [1.54, 1.807) is 13.8 Å². The van der Waals surface area contributed by atoms with Gasteiger partial charge in [0, 0.05) is 31.4 Å². The number of ether oxygens (including phenoxy) is 2. The fraction of sp³-hybridized carbons (Fsp3) is 0.429. The fourth-order valence-corrected chi connectivity index (χ4v) is 5.10. The van der Waals surface area contributed by atoms with Crippen molar-refractivity contribution in [2.75, 3.05) is 37.4 Å². The predicted molar refractivity (Wildman–Crippen MR) is 124 cm³/mol. The number of benzene rings is 1. The molecule has 35 heavy (non-hydrogen) atoms. The lowest BCUT2D eigenvalue weighted by molar-refractivity contribution is -0.136. The minimum absolute atomic E-state index is 0.00110. The van der Waals surface area contributed by atoms with Crippen LogP contribution in [-0.2, 0) is 20.8 Å². The first-order valence-electron chi connectivity index (χ1n) is 10.7. The molecule has 1 aliphatic heterocycles. The maximum absolute atomic E-state index is 13.5. The van der Waals surface area contributed by atoms with E-state index in [9.17, 15) is 21.6 Å². The molecule has 4 rings (SSSR count). The van der Waals surface area contributed by atoms with Crippen LogP contribution in [0.25, 0.3) is 11.0 Å². The van der Waals surface area contributed by atoms with Crippen molar-refractivity contribution in [3.63, 3.8) is 0 Å². The Labute approximate surface area is 199 Å². The summed E-state index contributed by atoms with van der Waals surface area (Å²) in [5.41, 5.74) is -1.59. The first-order chi connectivity index (χ1) is 16.5. The van der Waals surface area contributed by atoms with Gasteiger partial charge in [-0.2, -0.15) is 23.1 Å². The second-order valence-corrected chi connectivity index (χ2v) is 10.2. The summed E-state index contributed by atoms with van der Waals surface area (Å²) in [6, 6.07) is 4.01. The van der Waals surface area contributed by atoms with Crippen LogP contribution >= 0.6 is 0 Å². The van der Waals surface area contributed by atoms with Crippen molar-refractivity contribution in [1.29, 1.82) is 0 Å². The Kier molecular flexibility index (Phi) is 6.79. The van der Waals surface area contributed by atoms with Gasteiger partial charge in [0.1, 0.15) is 17.2 Å². The highest BCUT2D eigenvalue weighted by Crippen LogP contribution is 2.38. The second-order valence-electron chi connectivity index (χ2n) is 8.16. The Bertz CT molecular complexity index is 1320. The summed E-state index contributed by atoms with van der Waals surface area (Å²) in [5.74, 6) is 0.172. The zero-order valence-electron chi connectivity index (χ0n) is 19.2. The number of morpholine rings is 1. The van der Waals surface area contributed by atoms with Crippen molar-refractivity contribution < 1.29 is 31.1 Å². The van der Waals surface area contributed by atoms with Crippen LogP contribution in [0.3, 0.4) is 0 Å². The molecule has 190 valence electrons. The maximum Gasteiger partial charge on any atom is 0.418 e. The molecular formula is C21H25F3N6O4S. The van der Waals surface area contributed by atoms with Gasteiger partial charge in [0.05, 0.1) is 35.2 Å². The molecule has 14 heteroatoms. The lowest BCUT2D eigenvalue weighted by Gasteiger charge is -2.24. The number of alkyl halides is 3. The van der Waals surface area contributed by atoms with Gasteiger partial charge < -0.3 is 30.4 Å². The average molecular weight is 515 g/mol. The third-order valence-electron chi connectivity index (χ3n) is 5.25. The summed E-state index contributed by atoms with van der Waals surface area (Å²) in [6.45, 7) is 4.56. The highest BCUT2D eigenvalue weighted by atomic mass is 32.2. The van der Waals surface area contributed by atoms with Gasteiger partial charge in [-0.25, -0.2) is 8.42 Å². The van der Waals surface area contributed by atoms with Crippen molar-refractivity contribution in [2.45, 2.75) is 36.4 Å². The summed E-state index contributed by atoms with van der Waals surface area (Å²) < 4.78 is 77.1. The zero-order valence-corrected chi connectivity index (χ0v) is 20.0. The first kappa shape index (κ1) is 25.0. The molecule has 1 fully saturated rings. The molecule has 0 aliphatic carbocycles. The van der Waals surface area contributed by atoms with Gasteiger partial charge in [-0.15, -0.1) is 0 Å². The SMILES string of the molecule is COc1cc(S(=O)(=O)C2CNCCO2)ccc1Nc1nc(NC(C)C)c2c(C(F)(F)F)c[nH]c2n1. The van der Waals surface area contributed by atoms with Gasteiger partial charge in [0.25, 0.3) is 0 Å². The van der Waals surface area contributed by atoms with Crippen LogP contribution in [0.15, 0.2) is 29.3 Å². The zero-order chi connectivity index (χ0) is 25.4. The number of rotatable bonds is 7. The van der Waals surface area contributed by atoms with E-state index in [1.165, 1.54) is 25.3 Å². The van der Waals surface area contributed by atoms with Crippen LogP contribution in [-0.4, -0.2) is 61.7 Å². The number of hydrogen-bond donors (Lipinski definition) is 4. The van der Waals surface area contributed by atoms with Crippen molar-refractivity contribution in [3.05, 3.63) is 30.0 Å². The van der Waals surface area contributed by atoms with E-state index < -0.39 is 27.0 Å². The second kappa shape index (κ2) is 9.51. The van der Waals surface area contributed by atoms with Crippen molar-refractivity contribution in [2.24, 2.45) is 0 Å². The molecular weight excluding hydrogens is 489 g/mol. The molecule has 0 amide bonds. The number of halogens is 3. The van der Waals surface area contributed by atoms with Crippen LogP contribution in [0.5, 0.6) is 5.75 Å². The van der Waals surface area contributed by atoms with Crippen LogP contribution in [0.4, 0.5) is 30.6 Å². The third-order valence-corrected chi connectivity index (χ3v) is 7.16. The summed E-state index contributed by atoms with van der Waals surface area (Å²) in [6.07, 6.45) is -3.75. The van der Waals surface area contributed by atoms with E-state index >= 15 is 0 Å². The van der Waals surface area contributed by atoms with Crippen molar-refractivity contribution in [1.82, 2.24) is 20.3 Å². The molecule has 0 bridgehead atoms. The number of methoxy groups -OCH3 is 1. The van der Waals surface area contributed by atoms with Gasteiger partial charge in [0.15, 0.2) is 5.44 Å². The molecule has 4 N–H and O–H groups in total. The molecule has 0 saturated carbocycles. The van der Waals surface area contributed by atoms with Crippen LogP contribution in [0.2, 0.25) is 0 Å². The van der Waals surface area contributed by atoms with Crippen molar-refractivity contribution >= 4 is 38.3 Å². The highest BCUT2D eigenvalue weighted by Gasteiger charge is 2.36. The van der Waals surface area contributed by atoms with Crippen LogP contribution < -0.4 is 20.7 Å². The summed E-state index contributed by atoms with van der Waals surface area (Å²) in [4.78, 5) is 11.0. The number of aromatic nitrogens is 3. The number of sulfone groups is 1. The number of nitrogens with one attached hydrogen (secondary N) is 4. The van der Waals surface area contributed by atoms with Crippen LogP contribution in [0, 0.1) is 0 Å². The Balaban J connectivity index is 1.70. The molecule has 1 unspecified atom stereocenters. The Morgan fingerprint density at radius 1 is 1.26 bits per heavy atom. The van der Waals surface area contributed by atoms with Gasteiger partial charge in [-0.05, 0) is 26.0 Å². The summed E-state index contributed by atoms with van der Waals surface area (Å²) in [7, 11) is -2.42. The van der Waals surface area contributed by atoms with Gasteiger partial charge in [-0.3, -0.25) is 0 Å². The fourth-order valence-electron chi connectivity index (χ4n) is 3.66. The molecule has 3 heterocycles. The topological polar surface area (TPSA) is 130 Å². The molecule has 1 saturated heterocycles. The van der Waals surface area contributed by atoms with Crippen LogP contribution in [0.1, 0.15) is 19.4 Å². The van der Waals surface area contributed by atoms with E-state index in [1.807, 2.05) is 0 Å². The van der Waals surface area contributed by atoms with E-state index in [2.05, 4.69) is 30.9 Å². The highest BCUT2D eigenvalue weighted by molar-refractivity contribution is 7.92. The summed E-state index contributed by atoms with van der Waals surface area (Å²) >= 11 is 0. The van der Waals surface area contributed by atoms with E-state index in [0.29, 0.717) is 12.2 Å². The minimum Gasteiger partial charge on any atom is -0.495 e. The molecule has 3 aromatic rings. The Morgan fingerprint density at radius 2 is 2.03 bits per heavy atom. The van der Waals surface area contributed by atoms with E-state index in [4.69, 9.17) is 9.47 Å². The molecule has 10 nitrogen and oxygen atoms in total. The predicted octanol–water partition coefficient (Wildman–Crippen LogP) is 3.27. The molecule has 0 spiro atoms. The van der Waals surface area contributed by atoms with Crippen molar-refractivity contribution in [3.8, 4) is 5.75 Å². The van der Waals surface area contributed by atoms with E-state index in [-0.39, 0.29) is 52.6 Å². The number of nitrogens with zero attached hydrogens (tertiary/aromatic N) is 2. The third kappa shape index (κ3) is 5.13. The molecule has 1 aliphatic rings. The van der Waals surface area contributed by atoms with Gasteiger partial charge in [0.2, 0.25) is 15.8 Å². The number of anilines is 3. The number of aromatic amines is 1. The summed E-state index contributed by atoms with van der Waals surface area (Å²) in [5, 5.41) is 8.64. The quantitative estimate of drug-likeness (QED) is 0.375. The minimum atomic E-state index is -4.59.